The minimum Gasteiger partial charge on any atom is -0.241 e. The highest BCUT2D eigenvalue weighted by atomic mass is 19.1. The molecule has 0 aliphatic rings. The largest absolute Gasteiger partial charge is 0.241 e. The Kier molecular flexibility index (Phi) is 7.77. The molecular formula is C29H26F3N3. The van der Waals surface area contributed by atoms with E-state index in [1.807, 2.05) is 30.6 Å². The zero-order chi connectivity index (χ0) is 24.8. The maximum absolute atomic E-state index is 15.1. The predicted octanol–water partition coefficient (Wildman–Crippen LogP) is 6.83. The second kappa shape index (κ2) is 11.1. The Morgan fingerprint density at radius 2 is 1.49 bits per heavy atom. The zero-order valence-corrected chi connectivity index (χ0v) is 19.6. The predicted molar refractivity (Wildman–Crippen MR) is 130 cm³/mol. The van der Waals surface area contributed by atoms with Crippen LogP contribution in [0.3, 0.4) is 0 Å². The number of fused-ring (bicyclic) bond motifs is 1. The summed E-state index contributed by atoms with van der Waals surface area (Å²) >= 11 is 0. The van der Waals surface area contributed by atoms with E-state index in [0.29, 0.717) is 29.4 Å². The fraction of sp³-hybridized carbons (Fsp3) is 0.276. The molecule has 3 nitrogen and oxygen atoms in total. The van der Waals surface area contributed by atoms with Crippen LogP contribution in [0, 0.1) is 28.8 Å². The maximum atomic E-state index is 15.1. The van der Waals surface area contributed by atoms with E-state index in [9.17, 15) is 8.78 Å². The van der Waals surface area contributed by atoms with Crippen molar-refractivity contribution in [2.24, 2.45) is 0 Å². The highest BCUT2D eigenvalue weighted by Crippen LogP contribution is 2.25. The molecular weight excluding hydrogens is 447 g/mol. The van der Waals surface area contributed by atoms with Gasteiger partial charge in [0, 0.05) is 24.2 Å². The molecule has 0 unspecified atom stereocenters. The van der Waals surface area contributed by atoms with Crippen LogP contribution < -0.4 is 0 Å². The first-order valence-corrected chi connectivity index (χ1v) is 11.9. The van der Waals surface area contributed by atoms with Crippen LogP contribution >= 0.6 is 0 Å². The highest BCUT2D eigenvalue weighted by molar-refractivity contribution is 5.84. The summed E-state index contributed by atoms with van der Waals surface area (Å²) in [6.07, 6.45) is 9.08. The first-order chi connectivity index (χ1) is 17.0. The normalized spacial score (nSPS) is 11.1. The standard InChI is InChI=1S/C29H26F3N3/c1-2-3-4-21-17-34-28(35-18-21)12-7-19-6-11-24-23(13-19)10-9-22(29(24)32)8-5-20-14-26(30)25(16-33)27(31)15-20/h6,9-11,13-15,17-18H,2-5,7-8,12H2,1H3. The number of aromatic nitrogens is 2. The molecule has 178 valence electrons. The molecule has 0 N–H and O–H groups in total. The molecule has 3 aromatic carbocycles. The summed E-state index contributed by atoms with van der Waals surface area (Å²) in [5, 5.41) is 10.1. The van der Waals surface area contributed by atoms with Gasteiger partial charge in [-0.25, -0.2) is 23.1 Å². The first kappa shape index (κ1) is 24.4. The molecule has 35 heavy (non-hydrogen) atoms. The van der Waals surface area contributed by atoms with E-state index in [0.717, 1.165) is 60.2 Å². The Bertz CT molecular complexity index is 1350. The van der Waals surface area contributed by atoms with Gasteiger partial charge in [-0.05, 0) is 71.9 Å². The Hall–Kier alpha value is -3.72. The van der Waals surface area contributed by atoms with Crippen LogP contribution in [0.2, 0.25) is 0 Å². The van der Waals surface area contributed by atoms with Crippen LogP contribution in [0.15, 0.2) is 54.9 Å². The second-order valence-corrected chi connectivity index (χ2v) is 8.75. The second-order valence-electron chi connectivity index (χ2n) is 8.75. The van der Waals surface area contributed by atoms with Crippen LogP contribution in [0.25, 0.3) is 10.8 Å². The number of benzene rings is 3. The number of nitriles is 1. The third-order valence-corrected chi connectivity index (χ3v) is 6.21. The summed E-state index contributed by atoms with van der Waals surface area (Å²) in [5.74, 6) is -1.32. The van der Waals surface area contributed by atoms with Crippen molar-refractivity contribution in [3.63, 3.8) is 0 Å². The average Bonchev–Trinajstić information content (AvgIpc) is 2.86. The Balaban J connectivity index is 1.42. The molecule has 6 heteroatoms. The van der Waals surface area contributed by atoms with E-state index < -0.39 is 17.2 Å². The SMILES string of the molecule is CCCCc1cnc(CCc2ccc3c(F)c(CCc4cc(F)c(C#N)c(F)c4)ccc3c2)nc1. The summed E-state index contributed by atoms with van der Waals surface area (Å²) < 4.78 is 42.9. The fourth-order valence-electron chi connectivity index (χ4n) is 4.17. The third-order valence-electron chi connectivity index (χ3n) is 6.21. The minimum atomic E-state index is -0.896. The lowest BCUT2D eigenvalue weighted by molar-refractivity contribution is 0.572. The molecule has 0 saturated carbocycles. The van der Waals surface area contributed by atoms with Crippen LogP contribution in [0.4, 0.5) is 13.2 Å². The third kappa shape index (κ3) is 5.86. The monoisotopic (exact) mass is 473 g/mol. The number of nitrogens with zero attached hydrogens (tertiary/aromatic N) is 3. The van der Waals surface area contributed by atoms with E-state index in [1.54, 1.807) is 12.1 Å². The minimum absolute atomic E-state index is 0.261. The smallest absolute Gasteiger partial charge is 0.144 e. The van der Waals surface area contributed by atoms with Crippen molar-refractivity contribution in [2.45, 2.75) is 51.9 Å². The van der Waals surface area contributed by atoms with E-state index >= 15 is 4.39 Å². The van der Waals surface area contributed by atoms with Gasteiger partial charge >= 0.3 is 0 Å². The summed E-state index contributed by atoms with van der Waals surface area (Å²) in [5.41, 5.74) is 2.49. The number of hydrogen-bond donors (Lipinski definition) is 0. The molecule has 4 aromatic rings. The van der Waals surface area contributed by atoms with Gasteiger partial charge in [-0.3, -0.25) is 0 Å². The average molecular weight is 474 g/mol. The van der Waals surface area contributed by atoms with E-state index in [1.165, 1.54) is 6.07 Å². The van der Waals surface area contributed by atoms with Gasteiger partial charge in [0.25, 0.3) is 0 Å². The maximum Gasteiger partial charge on any atom is 0.144 e. The number of unbranched alkanes of at least 4 members (excludes halogenated alkanes) is 1. The summed E-state index contributed by atoms with van der Waals surface area (Å²) in [6.45, 7) is 2.16. The quantitative estimate of drug-likeness (QED) is 0.268. The molecule has 0 amide bonds. The van der Waals surface area contributed by atoms with Gasteiger partial charge < -0.3 is 0 Å². The van der Waals surface area contributed by atoms with E-state index in [2.05, 4.69) is 16.9 Å². The van der Waals surface area contributed by atoms with Gasteiger partial charge in [-0.2, -0.15) is 5.26 Å². The summed E-state index contributed by atoms with van der Waals surface area (Å²) in [7, 11) is 0. The van der Waals surface area contributed by atoms with Crippen molar-refractivity contribution in [3.8, 4) is 6.07 Å². The molecule has 0 aliphatic heterocycles. The van der Waals surface area contributed by atoms with Crippen molar-refractivity contribution in [1.29, 1.82) is 5.26 Å². The van der Waals surface area contributed by atoms with Crippen molar-refractivity contribution >= 4 is 10.8 Å². The van der Waals surface area contributed by atoms with Gasteiger partial charge in [0.15, 0.2) is 0 Å². The van der Waals surface area contributed by atoms with Gasteiger partial charge in [-0.15, -0.1) is 0 Å². The number of hydrogen-bond acceptors (Lipinski definition) is 3. The zero-order valence-electron chi connectivity index (χ0n) is 19.6. The molecule has 0 bridgehead atoms. The molecule has 0 saturated heterocycles. The summed E-state index contributed by atoms with van der Waals surface area (Å²) in [4.78, 5) is 8.93. The lowest BCUT2D eigenvalue weighted by Gasteiger charge is -2.09. The van der Waals surface area contributed by atoms with Crippen molar-refractivity contribution in [3.05, 3.63) is 106 Å². The molecule has 1 aromatic heterocycles. The molecule has 4 rings (SSSR count). The first-order valence-electron chi connectivity index (χ1n) is 11.9. The van der Waals surface area contributed by atoms with Gasteiger partial charge in [0.1, 0.15) is 34.9 Å². The number of halogens is 3. The molecule has 1 heterocycles. The van der Waals surface area contributed by atoms with E-state index in [-0.39, 0.29) is 12.2 Å². The van der Waals surface area contributed by atoms with Crippen LogP contribution in [0.5, 0.6) is 0 Å². The topological polar surface area (TPSA) is 49.6 Å². The van der Waals surface area contributed by atoms with Crippen LogP contribution in [0.1, 0.15) is 53.4 Å². The summed E-state index contributed by atoms with van der Waals surface area (Å²) in [6, 6.07) is 13.0. The van der Waals surface area contributed by atoms with Gasteiger partial charge in [0.05, 0.1) is 0 Å². The Labute approximate surface area is 203 Å². The molecule has 0 radical (unpaired) electrons. The fourth-order valence-corrected chi connectivity index (χ4v) is 4.17. The lowest BCUT2D eigenvalue weighted by Crippen LogP contribution is -2.00. The van der Waals surface area contributed by atoms with Crippen molar-refractivity contribution in [1.82, 2.24) is 9.97 Å². The Morgan fingerprint density at radius 1 is 0.771 bits per heavy atom. The van der Waals surface area contributed by atoms with Crippen LogP contribution in [-0.2, 0) is 32.1 Å². The molecule has 0 aliphatic carbocycles. The highest BCUT2D eigenvalue weighted by Gasteiger charge is 2.13. The molecule has 0 fully saturated rings. The van der Waals surface area contributed by atoms with Crippen molar-refractivity contribution in [2.75, 3.05) is 0 Å². The van der Waals surface area contributed by atoms with Crippen LogP contribution in [-0.4, -0.2) is 9.97 Å². The number of rotatable bonds is 9. The lowest BCUT2D eigenvalue weighted by atomic mass is 9.97. The van der Waals surface area contributed by atoms with E-state index in [4.69, 9.17) is 5.26 Å². The Morgan fingerprint density at radius 3 is 2.17 bits per heavy atom. The molecule has 0 atom stereocenters. The molecule has 0 spiro atoms. The van der Waals surface area contributed by atoms with Gasteiger partial charge in [-0.1, -0.05) is 43.7 Å². The van der Waals surface area contributed by atoms with Crippen molar-refractivity contribution < 1.29 is 13.2 Å². The van der Waals surface area contributed by atoms with Gasteiger partial charge in [0.2, 0.25) is 0 Å². The number of aryl methyl sites for hydroxylation is 5.